The van der Waals surface area contributed by atoms with Crippen LogP contribution in [0.1, 0.15) is 26.7 Å². The summed E-state index contributed by atoms with van der Waals surface area (Å²) >= 11 is 0. The van der Waals surface area contributed by atoms with Gasteiger partial charge in [-0.2, -0.15) is 0 Å². The molecule has 2 N–H and O–H groups in total. The Bertz CT molecular complexity index is 431. The summed E-state index contributed by atoms with van der Waals surface area (Å²) < 4.78 is 0. The maximum absolute atomic E-state index is 11.7. The summed E-state index contributed by atoms with van der Waals surface area (Å²) in [4.78, 5) is 14.0. The van der Waals surface area contributed by atoms with Gasteiger partial charge in [0.15, 0.2) is 0 Å². The average Bonchev–Trinajstić information content (AvgIpc) is 2.58. The lowest BCUT2D eigenvalue weighted by atomic mass is 10.2. The van der Waals surface area contributed by atoms with Crippen LogP contribution in [-0.2, 0) is 4.79 Å². The van der Waals surface area contributed by atoms with E-state index in [4.69, 9.17) is 0 Å². The van der Waals surface area contributed by atoms with Crippen molar-refractivity contribution in [3.05, 3.63) is 24.3 Å². The number of fused-ring (bicyclic) bond motifs is 1. The predicted octanol–water partition coefficient (Wildman–Crippen LogP) is 2.22. The summed E-state index contributed by atoms with van der Waals surface area (Å²) in [5.41, 5.74) is 2.38. The van der Waals surface area contributed by atoms with Crippen LogP contribution in [0.3, 0.4) is 0 Å². The minimum absolute atomic E-state index is 0.129. The fraction of sp³-hybridized carbons (Fsp3) is 0.533. The molecule has 0 aromatic heterocycles. The third-order valence-corrected chi connectivity index (χ3v) is 3.22. The Balaban J connectivity index is 1.98. The summed E-state index contributed by atoms with van der Waals surface area (Å²) in [6.45, 7) is 6.74. The first-order valence-electron chi connectivity index (χ1n) is 7.04. The predicted molar refractivity (Wildman–Crippen MR) is 79.7 cm³/mol. The molecule has 1 aliphatic heterocycles. The van der Waals surface area contributed by atoms with E-state index in [1.807, 2.05) is 26.0 Å². The monoisotopic (exact) mass is 261 g/mol. The van der Waals surface area contributed by atoms with Gasteiger partial charge >= 0.3 is 0 Å². The highest BCUT2D eigenvalue weighted by Crippen LogP contribution is 2.27. The molecule has 0 spiro atoms. The normalized spacial score (nSPS) is 14.6. The summed E-state index contributed by atoms with van der Waals surface area (Å²) in [5.74, 6) is 0.129. The van der Waals surface area contributed by atoms with Crippen LogP contribution >= 0.6 is 0 Å². The van der Waals surface area contributed by atoms with Crippen molar-refractivity contribution in [2.24, 2.45) is 0 Å². The third kappa shape index (κ3) is 3.88. The first kappa shape index (κ1) is 13.7. The van der Waals surface area contributed by atoms with Gasteiger partial charge in [0.2, 0.25) is 5.91 Å². The summed E-state index contributed by atoms with van der Waals surface area (Å²) in [5, 5.41) is 6.37. The minimum Gasteiger partial charge on any atom is -0.383 e. The molecule has 1 heterocycles. The van der Waals surface area contributed by atoms with Gasteiger partial charge in [0.25, 0.3) is 0 Å². The largest absolute Gasteiger partial charge is 0.383 e. The highest BCUT2D eigenvalue weighted by atomic mass is 16.1. The summed E-state index contributed by atoms with van der Waals surface area (Å²) in [7, 11) is 0. The fourth-order valence-corrected chi connectivity index (χ4v) is 2.38. The number of amides is 1. The molecule has 1 aromatic rings. The van der Waals surface area contributed by atoms with Crippen LogP contribution in [0.5, 0.6) is 0 Å². The standard InChI is InChI=1S/C15H23N3O/c1-12(2)17-15(19)8-11-18-10-5-9-16-13-6-3-4-7-14(13)18/h3-4,6-7,12,16H,5,8-11H2,1-2H3,(H,17,19). The van der Waals surface area contributed by atoms with Crippen molar-refractivity contribution in [3.8, 4) is 0 Å². The number of anilines is 2. The number of para-hydroxylation sites is 2. The zero-order chi connectivity index (χ0) is 13.7. The minimum atomic E-state index is 0.129. The number of nitrogens with one attached hydrogen (secondary N) is 2. The molecule has 1 aliphatic rings. The van der Waals surface area contributed by atoms with Gasteiger partial charge in [-0.3, -0.25) is 4.79 Å². The smallest absolute Gasteiger partial charge is 0.221 e. The second-order valence-corrected chi connectivity index (χ2v) is 5.26. The van der Waals surface area contributed by atoms with Crippen molar-refractivity contribution in [3.63, 3.8) is 0 Å². The van der Waals surface area contributed by atoms with Crippen LogP contribution < -0.4 is 15.5 Å². The maximum atomic E-state index is 11.7. The SMILES string of the molecule is CC(C)NC(=O)CCN1CCCNc2ccccc21. The Kier molecular flexibility index (Phi) is 4.66. The molecule has 104 valence electrons. The number of carbonyl (C=O) groups excluding carboxylic acids is 1. The number of nitrogens with zero attached hydrogens (tertiary/aromatic N) is 1. The van der Waals surface area contributed by atoms with Crippen molar-refractivity contribution in [1.82, 2.24) is 5.32 Å². The molecular weight excluding hydrogens is 238 g/mol. The van der Waals surface area contributed by atoms with Crippen molar-refractivity contribution in [2.75, 3.05) is 29.9 Å². The Morgan fingerprint density at radius 1 is 1.42 bits per heavy atom. The lowest BCUT2D eigenvalue weighted by molar-refractivity contribution is -0.121. The second-order valence-electron chi connectivity index (χ2n) is 5.26. The number of benzene rings is 1. The van der Waals surface area contributed by atoms with E-state index in [9.17, 15) is 4.79 Å². The topological polar surface area (TPSA) is 44.4 Å². The van der Waals surface area contributed by atoms with Crippen LogP contribution in [0.4, 0.5) is 11.4 Å². The Morgan fingerprint density at radius 2 is 2.21 bits per heavy atom. The van der Waals surface area contributed by atoms with E-state index in [0.717, 1.165) is 26.1 Å². The van der Waals surface area contributed by atoms with Gasteiger partial charge in [0, 0.05) is 32.1 Å². The van der Waals surface area contributed by atoms with Gasteiger partial charge in [0.05, 0.1) is 11.4 Å². The molecule has 0 fully saturated rings. The molecule has 0 aliphatic carbocycles. The van der Waals surface area contributed by atoms with Gasteiger partial charge in [0.1, 0.15) is 0 Å². The van der Waals surface area contributed by atoms with E-state index in [1.165, 1.54) is 11.4 Å². The fourth-order valence-electron chi connectivity index (χ4n) is 2.38. The number of carbonyl (C=O) groups is 1. The van der Waals surface area contributed by atoms with E-state index in [-0.39, 0.29) is 11.9 Å². The number of rotatable bonds is 4. The second kappa shape index (κ2) is 6.45. The average molecular weight is 261 g/mol. The molecule has 1 aromatic carbocycles. The van der Waals surface area contributed by atoms with Crippen LogP contribution in [0, 0.1) is 0 Å². The molecule has 0 radical (unpaired) electrons. The van der Waals surface area contributed by atoms with Crippen LogP contribution in [-0.4, -0.2) is 31.6 Å². The zero-order valence-electron chi connectivity index (χ0n) is 11.8. The number of hydrogen-bond donors (Lipinski definition) is 2. The number of hydrogen-bond acceptors (Lipinski definition) is 3. The summed E-state index contributed by atoms with van der Waals surface area (Å²) in [6, 6.07) is 8.52. The van der Waals surface area contributed by atoms with Gasteiger partial charge in [-0.25, -0.2) is 0 Å². The molecule has 19 heavy (non-hydrogen) atoms. The van der Waals surface area contributed by atoms with Crippen molar-refractivity contribution in [1.29, 1.82) is 0 Å². The van der Waals surface area contributed by atoms with Gasteiger partial charge in [-0.05, 0) is 32.4 Å². The van der Waals surface area contributed by atoms with Crippen molar-refractivity contribution < 1.29 is 4.79 Å². The van der Waals surface area contributed by atoms with Crippen LogP contribution in [0.15, 0.2) is 24.3 Å². The zero-order valence-corrected chi connectivity index (χ0v) is 11.8. The molecular formula is C15H23N3O. The quantitative estimate of drug-likeness (QED) is 0.873. The Hall–Kier alpha value is -1.71. The first-order valence-corrected chi connectivity index (χ1v) is 7.04. The van der Waals surface area contributed by atoms with Gasteiger partial charge < -0.3 is 15.5 Å². The molecule has 4 nitrogen and oxygen atoms in total. The molecule has 2 rings (SSSR count). The highest BCUT2D eigenvalue weighted by Gasteiger charge is 2.15. The van der Waals surface area contributed by atoms with Gasteiger partial charge in [-0.1, -0.05) is 12.1 Å². The third-order valence-electron chi connectivity index (χ3n) is 3.22. The summed E-state index contributed by atoms with van der Waals surface area (Å²) in [6.07, 6.45) is 1.65. The molecule has 0 saturated heterocycles. The van der Waals surface area contributed by atoms with E-state index in [1.54, 1.807) is 0 Å². The molecule has 1 amide bonds. The van der Waals surface area contributed by atoms with E-state index < -0.39 is 0 Å². The van der Waals surface area contributed by atoms with E-state index in [2.05, 4.69) is 27.7 Å². The lowest BCUT2D eigenvalue weighted by Gasteiger charge is -2.24. The van der Waals surface area contributed by atoms with Crippen LogP contribution in [0.2, 0.25) is 0 Å². The molecule has 4 heteroatoms. The van der Waals surface area contributed by atoms with Crippen LogP contribution in [0.25, 0.3) is 0 Å². The van der Waals surface area contributed by atoms with Crippen molar-refractivity contribution in [2.45, 2.75) is 32.7 Å². The molecule has 0 bridgehead atoms. The maximum Gasteiger partial charge on any atom is 0.221 e. The highest BCUT2D eigenvalue weighted by molar-refractivity contribution is 5.77. The Labute approximate surface area is 115 Å². The molecule has 0 atom stereocenters. The van der Waals surface area contributed by atoms with E-state index >= 15 is 0 Å². The lowest BCUT2D eigenvalue weighted by Crippen LogP contribution is -2.34. The van der Waals surface area contributed by atoms with E-state index in [0.29, 0.717) is 6.42 Å². The molecule has 0 saturated carbocycles. The molecule has 0 unspecified atom stereocenters. The van der Waals surface area contributed by atoms with Gasteiger partial charge in [-0.15, -0.1) is 0 Å². The Morgan fingerprint density at radius 3 is 3.00 bits per heavy atom. The first-order chi connectivity index (χ1) is 9.16. The van der Waals surface area contributed by atoms with Crippen molar-refractivity contribution >= 4 is 17.3 Å².